The van der Waals surface area contributed by atoms with Crippen LogP contribution < -0.4 is 9.47 Å². The Morgan fingerprint density at radius 2 is 1.58 bits per heavy atom. The van der Waals surface area contributed by atoms with Crippen molar-refractivity contribution in [3.05, 3.63) is 23.8 Å². The zero-order valence-electron chi connectivity index (χ0n) is 15.8. The van der Waals surface area contributed by atoms with E-state index in [9.17, 15) is 4.79 Å². The van der Waals surface area contributed by atoms with E-state index in [2.05, 4.69) is 33.9 Å². The number of carbonyl (C=O) groups excluding carboxylic acids is 1. The van der Waals surface area contributed by atoms with Crippen molar-refractivity contribution in [2.75, 3.05) is 27.3 Å². The van der Waals surface area contributed by atoms with E-state index in [1.165, 1.54) is 0 Å². The zero-order chi connectivity index (χ0) is 18.1. The molecule has 0 unspecified atom stereocenters. The molecule has 1 saturated heterocycles. The monoisotopic (exact) mass is 351 g/mol. The van der Waals surface area contributed by atoms with Crippen LogP contribution >= 0.6 is 0 Å². The molecule has 24 heavy (non-hydrogen) atoms. The zero-order valence-corrected chi connectivity index (χ0v) is 16.8. The number of carbonyl (C=O) groups is 1. The van der Waals surface area contributed by atoms with Crippen molar-refractivity contribution in [2.45, 2.75) is 45.0 Å². The van der Waals surface area contributed by atoms with E-state index >= 15 is 0 Å². The third-order valence-corrected chi connectivity index (χ3v) is 9.54. The lowest BCUT2D eigenvalue weighted by Crippen LogP contribution is -2.59. The van der Waals surface area contributed by atoms with Gasteiger partial charge in [0, 0.05) is 24.7 Å². The Bertz CT molecular complexity index is 581. The highest BCUT2D eigenvalue weighted by Gasteiger charge is 2.42. The molecule has 5 nitrogen and oxygen atoms in total. The summed E-state index contributed by atoms with van der Waals surface area (Å²) in [6.45, 7) is 12.4. The van der Waals surface area contributed by atoms with E-state index in [1.54, 1.807) is 32.4 Å². The lowest BCUT2D eigenvalue weighted by Gasteiger charge is -2.46. The molecule has 0 spiro atoms. The third-order valence-electron chi connectivity index (χ3n) is 5.00. The van der Waals surface area contributed by atoms with Gasteiger partial charge in [0.25, 0.3) is 5.91 Å². The van der Waals surface area contributed by atoms with Crippen LogP contribution in [0.4, 0.5) is 0 Å². The standard InChI is InChI=1S/C18H29NO4Si/c1-18(2,3)24(6,7)23-16-11-19(12-16)17(20)13-8-14(21-4)10-15(9-13)22-5/h8-10,16H,11-12H2,1-7H3. The molecule has 1 fully saturated rings. The first-order valence-electron chi connectivity index (χ1n) is 8.27. The molecule has 6 heteroatoms. The van der Waals surface area contributed by atoms with Crippen LogP contribution in [0.2, 0.25) is 18.1 Å². The Kier molecular flexibility index (Phi) is 5.30. The highest BCUT2D eigenvalue weighted by atomic mass is 28.4. The topological polar surface area (TPSA) is 48.0 Å². The number of methoxy groups -OCH3 is 2. The van der Waals surface area contributed by atoms with Gasteiger partial charge in [-0.05, 0) is 30.3 Å². The van der Waals surface area contributed by atoms with Crippen LogP contribution in [0.5, 0.6) is 11.5 Å². The van der Waals surface area contributed by atoms with Crippen LogP contribution in [-0.4, -0.2) is 52.5 Å². The second-order valence-electron chi connectivity index (χ2n) is 7.81. The summed E-state index contributed by atoms with van der Waals surface area (Å²) < 4.78 is 16.8. The highest BCUT2D eigenvalue weighted by molar-refractivity contribution is 6.74. The van der Waals surface area contributed by atoms with Crippen molar-refractivity contribution in [3.8, 4) is 11.5 Å². The quantitative estimate of drug-likeness (QED) is 0.761. The van der Waals surface area contributed by atoms with Crippen molar-refractivity contribution in [3.63, 3.8) is 0 Å². The molecule has 1 aromatic rings. The fourth-order valence-electron chi connectivity index (χ4n) is 2.39. The molecule has 0 aliphatic carbocycles. The van der Waals surface area contributed by atoms with E-state index in [0.717, 1.165) is 0 Å². The summed E-state index contributed by atoms with van der Waals surface area (Å²) >= 11 is 0. The number of hydrogen-bond acceptors (Lipinski definition) is 4. The number of amides is 1. The molecule has 0 bridgehead atoms. The molecule has 0 saturated carbocycles. The second kappa shape index (κ2) is 6.76. The first kappa shape index (κ1) is 18.8. The summed E-state index contributed by atoms with van der Waals surface area (Å²) in [6, 6.07) is 5.25. The van der Waals surface area contributed by atoms with Crippen molar-refractivity contribution in [1.29, 1.82) is 0 Å². The number of hydrogen-bond donors (Lipinski definition) is 0. The Balaban J connectivity index is 2.00. The molecule has 0 radical (unpaired) electrons. The lowest BCUT2D eigenvalue weighted by atomic mass is 10.1. The van der Waals surface area contributed by atoms with Gasteiger partial charge in [0.15, 0.2) is 8.32 Å². The van der Waals surface area contributed by atoms with Crippen LogP contribution in [0.15, 0.2) is 18.2 Å². The molecule has 1 heterocycles. The van der Waals surface area contributed by atoms with Crippen molar-refractivity contribution in [2.24, 2.45) is 0 Å². The Labute approximate surface area is 146 Å². The van der Waals surface area contributed by atoms with Gasteiger partial charge in [-0.3, -0.25) is 4.79 Å². The number of benzene rings is 1. The van der Waals surface area contributed by atoms with Gasteiger partial charge >= 0.3 is 0 Å². The van der Waals surface area contributed by atoms with Gasteiger partial charge in [0.1, 0.15) is 11.5 Å². The summed E-state index contributed by atoms with van der Waals surface area (Å²) in [5.74, 6) is 1.22. The van der Waals surface area contributed by atoms with Gasteiger partial charge < -0.3 is 18.8 Å². The highest BCUT2D eigenvalue weighted by Crippen LogP contribution is 2.38. The predicted octanol–water partition coefficient (Wildman–Crippen LogP) is 3.55. The van der Waals surface area contributed by atoms with Gasteiger partial charge in [-0.2, -0.15) is 0 Å². The first-order valence-corrected chi connectivity index (χ1v) is 11.2. The SMILES string of the molecule is COc1cc(OC)cc(C(=O)N2CC(O[Si](C)(C)C(C)(C)C)C2)c1. The van der Waals surface area contributed by atoms with Gasteiger partial charge in [-0.15, -0.1) is 0 Å². The Hall–Kier alpha value is -1.53. The molecule has 1 aliphatic heterocycles. The minimum Gasteiger partial charge on any atom is -0.497 e. The van der Waals surface area contributed by atoms with Gasteiger partial charge in [0.05, 0.1) is 20.3 Å². The van der Waals surface area contributed by atoms with E-state index in [0.29, 0.717) is 30.2 Å². The fourth-order valence-corrected chi connectivity index (χ4v) is 3.72. The minimum absolute atomic E-state index is 0.0118. The number of likely N-dealkylation sites (tertiary alicyclic amines) is 1. The normalized spacial score (nSPS) is 15.9. The van der Waals surface area contributed by atoms with Gasteiger partial charge in [0.2, 0.25) is 0 Å². The van der Waals surface area contributed by atoms with Crippen LogP contribution in [0.25, 0.3) is 0 Å². The second-order valence-corrected chi connectivity index (χ2v) is 12.6. The smallest absolute Gasteiger partial charge is 0.254 e. The number of rotatable bonds is 5. The summed E-state index contributed by atoms with van der Waals surface area (Å²) in [7, 11) is 1.37. The summed E-state index contributed by atoms with van der Waals surface area (Å²) in [5.41, 5.74) is 0.581. The Morgan fingerprint density at radius 1 is 1.08 bits per heavy atom. The van der Waals surface area contributed by atoms with Crippen LogP contribution in [0.3, 0.4) is 0 Å². The van der Waals surface area contributed by atoms with E-state index < -0.39 is 8.32 Å². The molecule has 0 atom stereocenters. The molecule has 134 valence electrons. The van der Waals surface area contributed by atoms with Crippen LogP contribution in [0, 0.1) is 0 Å². The molecule has 2 rings (SSSR count). The summed E-state index contributed by atoms with van der Waals surface area (Å²) in [4.78, 5) is 14.5. The average molecular weight is 352 g/mol. The third kappa shape index (κ3) is 3.92. The molecular weight excluding hydrogens is 322 g/mol. The summed E-state index contributed by atoms with van der Waals surface area (Å²) in [5, 5.41) is 0.178. The van der Waals surface area contributed by atoms with E-state index in [4.69, 9.17) is 13.9 Å². The maximum atomic E-state index is 12.6. The number of ether oxygens (including phenoxy) is 2. The predicted molar refractivity (Wildman–Crippen MR) is 97.5 cm³/mol. The molecule has 1 amide bonds. The molecule has 0 N–H and O–H groups in total. The number of nitrogens with zero attached hydrogens (tertiary/aromatic N) is 1. The Morgan fingerprint density at radius 3 is 2.00 bits per heavy atom. The lowest BCUT2D eigenvalue weighted by molar-refractivity contribution is 0.0118. The van der Waals surface area contributed by atoms with E-state index in [-0.39, 0.29) is 17.0 Å². The van der Waals surface area contributed by atoms with Crippen LogP contribution in [-0.2, 0) is 4.43 Å². The van der Waals surface area contributed by atoms with Crippen LogP contribution in [0.1, 0.15) is 31.1 Å². The molecule has 0 aromatic heterocycles. The largest absolute Gasteiger partial charge is 0.497 e. The molecular formula is C18H29NO4Si. The molecule has 1 aromatic carbocycles. The van der Waals surface area contributed by atoms with E-state index in [1.807, 2.05) is 4.90 Å². The maximum absolute atomic E-state index is 12.6. The summed E-state index contributed by atoms with van der Waals surface area (Å²) in [6.07, 6.45) is 0.141. The maximum Gasteiger partial charge on any atom is 0.254 e. The molecule has 1 aliphatic rings. The van der Waals surface area contributed by atoms with Gasteiger partial charge in [-0.25, -0.2) is 0 Å². The fraction of sp³-hybridized carbons (Fsp3) is 0.611. The van der Waals surface area contributed by atoms with Crippen molar-refractivity contribution >= 4 is 14.2 Å². The minimum atomic E-state index is -1.79. The van der Waals surface area contributed by atoms with Crippen molar-refractivity contribution < 1.29 is 18.7 Å². The average Bonchev–Trinajstić information content (AvgIpc) is 2.48. The van der Waals surface area contributed by atoms with Crippen molar-refractivity contribution in [1.82, 2.24) is 4.90 Å². The van der Waals surface area contributed by atoms with Gasteiger partial charge in [-0.1, -0.05) is 20.8 Å². The first-order chi connectivity index (χ1) is 11.1.